The molecule has 2 atom stereocenters. The summed E-state index contributed by atoms with van der Waals surface area (Å²) >= 11 is 0. The predicted octanol–water partition coefficient (Wildman–Crippen LogP) is 4.33. The molecule has 1 aromatic carbocycles. The van der Waals surface area contributed by atoms with E-state index >= 15 is 0 Å². The van der Waals surface area contributed by atoms with Gasteiger partial charge in [-0.15, -0.1) is 0 Å². The van der Waals surface area contributed by atoms with Crippen LogP contribution in [0.25, 0.3) is 0 Å². The lowest BCUT2D eigenvalue weighted by Crippen LogP contribution is -2.41. The number of rotatable bonds is 5. The predicted molar refractivity (Wildman–Crippen MR) is 89.5 cm³/mol. The van der Waals surface area contributed by atoms with Crippen molar-refractivity contribution in [1.29, 1.82) is 0 Å². The van der Waals surface area contributed by atoms with Crippen molar-refractivity contribution in [2.45, 2.75) is 77.0 Å². The van der Waals surface area contributed by atoms with Gasteiger partial charge in [-0.25, -0.2) is 0 Å². The first-order valence-electron chi connectivity index (χ1n) is 8.62. The highest BCUT2D eigenvalue weighted by Crippen LogP contribution is 2.27. The van der Waals surface area contributed by atoms with Gasteiger partial charge >= 0.3 is 0 Å². The van der Waals surface area contributed by atoms with E-state index in [4.69, 9.17) is 0 Å². The van der Waals surface area contributed by atoms with Crippen molar-refractivity contribution >= 4 is 0 Å². The number of hydrogen-bond acceptors (Lipinski definition) is 2. The molecule has 118 valence electrons. The molecule has 2 rings (SSSR count). The number of benzene rings is 1. The van der Waals surface area contributed by atoms with Crippen LogP contribution in [0.15, 0.2) is 24.3 Å². The molecule has 1 fully saturated rings. The van der Waals surface area contributed by atoms with Crippen LogP contribution in [0.5, 0.6) is 0 Å². The zero-order valence-electron chi connectivity index (χ0n) is 13.9. The summed E-state index contributed by atoms with van der Waals surface area (Å²) < 4.78 is 0. The SMILES string of the molecule is CCc1ccc(C(O)C(C)N(C)C2CCCCCC2)cc1. The van der Waals surface area contributed by atoms with Crippen LogP contribution < -0.4 is 0 Å². The number of nitrogens with zero attached hydrogens (tertiary/aromatic N) is 1. The van der Waals surface area contributed by atoms with Gasteiger partial charge in [-0.2, -0.15) is 0 Å². The minimum Gasteiger partial charge on any atom is -0.387 e. The second-order valence-corrected chi connectivity index (χ2v) is 6.59. The van der Waals surface area contributed by atoms with Gasteiger partial charge in [-0.1, -0.05) is 56.9 Å². The molecule has 1 aliphatic rings. The van der Waals surface area contributed by atoms with Crippen molar-refractivity contribution in [3.05, 3.63) is 35.4 Å². The van der Waals surface area contributed by atoms with E-state index in [-0.39, 0.29) is 6.04 Å². The average Bonchev–Trinajstić information content (AvgIpc) is 2.82. The lowest BCUT2D eigenvalue weighted by Gasteiger charge is -2.35. The van der Waals surface area contributed by atoms with Crippen LogP contribution >= 0.6 is 0 Å². The molecule has 0 aromatic heterocycles. The molecular formula is C19H31NO. The lowest BCUT2D eigenvalue weighted by molar-refractivity contribution is 0.0449. The van der Waals surface area contributed by atoms with E-state index in [1.807, 2.05) is 0 Å². The molecule has 2 nitrogen and oxygen atoms in total. The molecule has 1 aliphatic carbocycles. The molecule has 0 saturated heterocycles. The second-order valence-electron chi connectivity index (χ2n) is 6.59. The van der Waals surface area contributed by atoms with E-state index < -0.39 is 6.10 Å². The average molecular weight is 289 g/mol. The molecule has 0 spiro atoms. The van der Waals surface area contributed by atoms with Crippen molar-refractivity contribution < 1.29 is 5.11 Å². The minimum absolute atomic E-state index is 0.167. The molecule has 1 aromatic rings. The van der Waals surface area contributed by atoms with E-state index in [1.165, 1.54) is 44.1 Å². The third-order valence-corrected chi connectivity index (χ3v) is 5.23. The Morgan fingerprint density at radius 1 is 1.10 bits per heavy atom. The van der Waals surface area contributed by atoms with E-state index in [9.17, 15) is 5.11 Å². The van der Waals surface area contributed by atoms with Crippen LogP contribution in [0, 0.1) is 0 Å². The van der Waals surface area contributed by atoms with Crippen molar-refractivity contribution in [3.8, 4) is 0 Å². The Labute approximate surface area is 130 Å². The quantitative estimate of drug-likeness (QED) is 0.816. The number of aliphatic hydroxyl groups excluding tert-OH is 1. The van der Waals surface area contributed by atoms with Gasteiger partial charge in [-0.3, -0.25) is 4.90 Å². The summed E-state index contributed by atoms with van der Waals surface area (Å²) in [7, 11) is 2.18. The van der Waals surface area contributed by atoms with Crippen molar-refractivity contribution in [2.24, 2.45) is 0 Å². The van der Waals surface area contributed by atoms with Crippen molar-refractivity contribution in [1.82, 2.24) is 4.90 Å². The minimum atomic E-state index is -0.399. The fourth-order valence-electron chi connectivity index (χ4n) is 3.45. The summed E-state index contributed by atoms with van der Waals surface area (Å²) in [6.07, 6.45) is 8.63. The van der Waals surface area contributed by atoms with Crippen LogP contribution in [0.2, 0.25) is 0 Å². The highest BCUT2D eigenvalue weighted by molar-refractivity contribution is 5.25. The van der Waals surface area contributed by atoms with E-state index in [0.717, 1.165) is 12.0 Å². The second kappa shape index (κ2) is 7.95. The van der Waals surface area contributed by atoms with Gasteiger partial charge in [0.15, 0.2) is 0 Å². The Balaban J connectivity index is 2.00. The number of hydrogen-bond donors (Lipinski definition) is 1. The maximum absolute atomic E-state index is 10.7. The first kappa shape index (κ1) is 16.5. The molecule has 21 heavy (non-hydrogen) atoms. The molecule has 0 heterocycles. The molecule has 1 N–H and O–H groups in total. The summed E-state index contributed by atoms with van der Waals surface area (Å²) in [5, 5.41) is 10.7. The first-order chi connectivity index (χ1) is 10.1. The van der Waals surface area contributed by atoms with Crippen LogP contribution in [0.4, 0.5) is 0 Å². The summed E-state index contributed by atoms with van der Waals surface area (Å²) in [6, 6.07) is 9.24. The van der Waals surface area contributed by atoms with Gasteiger partial charge < -0.3 is 5.11 Å². The molecule has 1 saturated carbocycles. The fourth-order valence-corrected chi connectivity index (χ4v) is 3.45. The van der Waals surface area contributed by atoms with Crippen LogP contribution in [-0.2, 0) is 6.42 Å². The summed E-state index contributed by atoms with van der Waals surface area (Å²) in [5.41, 5.74) is 2.37. The molecular weight excluding hydrogens is 258 g/mol. The van der Waals surface area contributed by atoms with Gasteiger partial charge in [-0.05, 0) is 44.4 Å². The highest BCUT2D eigenvalue weighted by Gasteiger charge is 2.26. The largest absolute Gasteiger partial charge is 0.387 e. The van der Waals surface area contributed by atoms with Gasteiger partial charge in [0.25, 0.3) is 0 Å². The standard InChI is InChI=1S/C19H31NO/c1-4-16-11-13-17(14-12-16)19(21)15(2)20(3)18-9-7-5-6-8-10-18/h11-15,18-19,21H,4-10H2,1-3H3. The molecule has 0 aliphatic heterocycles. The maximum atomic E-state index is 10.7. The Hall–Kier alpha value is -0.860. The Morgan fingerprint density at radius 3 is 2.19 bits per heavy atom. The van der Waals surface area contributed by atoms with Gasteiger partial charge in [0.1, 0.15) is 0 Å². The van der Waals surface area contributed by atoms with E-state index in [2.05, 4.69) is 50.1 Å². The van der Waals surface area contributed by atoms with Crippen molar-refractivity contribution in [2.75, 3.05) is 7.05 Å². The van der Waals surface area contributed by atoms with Crippen LogP contribution in [0.1, 0.15) is 69.6 Å². The summed E-state index contributed by atoms with van der Waals surface area (Å²) in [6.45, 7) is 4.32. The Kier molecular flexibility index (Phi) is 6.25. The molecule has 2 unspecified atom stereocenters. The zero-order chi connectivity index (χ0) is 15.2. The monoisotopic (exact) mass is 289 g/mol. The molecule has 0 radical (unpaired) electrons. The number of aliphatic hydroxyl groups is 1. The van der Waals surface area contributed by atoms with Gasteiger partial charge in [0.2, 0.25) is 0 Å². The summed E-state index contributed by atoms with van der Waals surface area (Å²) in [4.78, 5) is 2.41. The highest BCUT2D eigenvalue weighted by atomic mass is 16.3. The van der Waals surface area contributed by atoms with Crippen LogP contribution in [-0.4, -0.2) is 29.1 Å². The van der Waals surface area contributed by atoms with Crippen LogP contribution in [0.3, 0.4) is 0 Å². The normalized spacial score (nSPS) is 20.2. The zero-order valence-corrected chi connectivity index (χ0v) is 13.9. The maximum Gasteiger partial charge on any atom is 0.0942 e. The molecule has 2 heteroatoms. The third kappa shape index (κ3) is 4.31. The first-order valence-corrected chi connectivity index (χ1v) is 8.62. The topological polar surface area (TPSA) is 23.5 Å². The molecule has 0 amide bonds. The summed E-state index contributed by atoms with van der Waals surface area (Å²) in [5.74, 6) is 0. The smallest absolute Gasteiger partial charge is 0.0942 e. The van der Waals surface area contributed by atoms with E-state index in [1.54, 1.807) is 0 Å². The Morgan fingerprint density at radius 2 is 1.67 bits per heavy atom. The van der Waals surface area contributed by atoms with Crippen molar-refractivity contribution in [3.63, 3.8) is 0 Å². The van der Waals surface area contributed by atoms with E-state index in [0.29, 0.717) is 6.04 Å². The Bertz CT molecular complexity index is 406. The fraction of sp³-hybridized carbons (Fsp3) is 0.684. The number of likely N-dealkylation sites (N-methyl/N-ethyl adjacent to an activating group) is 1. The number of aryl methyl sites for hydroxylation is 1. The third-order valence-electron chi connectivity index (χ3n) is 5.23. The lowest BCUT2D eigenvalue weighted by atomic mass is 9.98. The van der Waals surface area contributed by atoms with Gasteiger partial charge in [0, 0.05) is 12.1 Å². The van der Waals surface area contributed by atoms with Gasteiger partial charge in [0.05, 0.1) is 6.10 Å². The molecule has 0 bridgehead atoms.